The molecule has 0 saturated heterocycles. The van der Waals surface area contributed by atoms with Crippen LogP contribution in [0.25, 0.3) is 0 Å². The third kappa shape index (κ3) is 4.24. The fraction of sp³-hybridized carbons (Fsp3) is 0.692. The summed E-state index contributed by atoms with van der Waals surface area (Å²) in [5.74, 6) is 0. The first kappa shape index (κ1) is 13.7. The predicted molar refractivity (Wildman–Crippen MR) is 73.0 cm³/mol. The molecular weight excluding hydrogens is 216 g/mol. The van der Waals surface area contributed by atoms with Gasteiger partial charge in [0.1, 0.15) is 0 Å². The van der Waals surface area contributed by atoms with Crippen molar-refractivity contribution in [1.29, 1.82) is 0 Å². The van der Waals surface area contributed by atoms with Crippen LogP contribution in [0.4, 0.5) is 0 Å². The third-order valence-corrected chi connectivity index (χ3v) is 4.02. The zero-order chi connectivity index (χ0) is 12.2. The highest BCUT2D eigenvalue weighted by Gasteiger charge is 2.16. The summed E-state index contributed by atoms with van der Waals surface area (Å²) in [6, 6.07) is 2.26. The second kappa shape index (κ2) is 5.80. The summed E-state index contributed by atoms with van der Waals surface area (Å²) in [5, 5.41) is 3.45. The Balaban J connectivity index is 2.35. The summed E-state index contributed by atoms with van der Waals surface area (Å²) >= 11 is 1.87. The van der Waals surface area contributed by atoms with Crippen molar-refractivity contribution in [2.45, 2.75) is 52.6 Å². The lowest BCUT2D eigenvalue weighted by Gasteiger charge is -2.24. The largest absolute Gasteiger partial charge is 0.324 e. The maximum Gasteiger partial charge on any atom is 0.0300 e. The highest BCUT2D eigenvalue weighted by atomic mass is 32.1. The van der Waals surface area contributed by atoms with E-state index >= 15 is 0 Å². The van der Waals surface area contributed by atoms with E-state index in [1.54, 1.807) is 0 Å². The van der Waals surface area contributed by atoms with E-state index < -0.39 is 0 Å². The molecule has 2 nitrogen and oxygen atoms in total. The summed E-state index contributed by atoms with van der Waals surface area (Å²) in [5.41, 5.74) is 7.49. The van der Waals surface area contributed by atoms with Crippen LogP contribution in [-0.2, 0) is 6.54 Å². The summed E-state index contributed by atoms with van der Waals surface area (Å²) < 4.78 is 0. The van der Waals surface area contributed by atoms with Crippen molar-refractivity contribution in [3.05, 3.63) is 21.4 Å². The van der Waals surface area contributed by atoms with Crippen LogP contribution in [0.15, 0.2) is 6.07 Å². The minimum absolute atomic E-state index is 0.0733. The molecule has 0 aromatic carbocycles. The number of hydrogen-bond donors (Lipinski definition) is 2. The van der Waals surface area contributed by atoms with Gasteiger partial charge in [-0.1, -0.05) is 13.3 Å². The van der Waals surface area contributed by atoms with Crippen molar-refractivity contribution in [3.8, 4) is 0 Å². The second-order valence-electron chi connectivity index (χ2n) is 4.96. The molecule has 1 unspecified atom stereocenters. The lowest BCUT2D eigenvalue weighted by Crippen LogP contribution is -2.45. The van der Waals surface area contributed by atoms with E-state index in [1.807, 2.05) is 11.3 Å². The summed E-state index contributed by atoms with van der Waals surface area (Å²) in [6.07, 6.45) is 2.22. The van der Waals surface area contributed by atoms with E-state index in [9.17, 15) is 0 Å². The van der Waals surface area contributed by atoms with E-state index in [4.69, 9.17) is 5.73 Å². The lowest BCUT2D eigenvalue weighted by atomic mass is 9.98. The van der Waals surface area contributed by atoms with Crippen LogP contribution in [0.2, 0.25) is 0 Å². The van der Waals surface area contributed by atoms with Crippen molar-refractivity contribution in [3.63, 3.8) is 0 Å². The molecule has 0 fully saturated rings. The average molecular weight is 240 g/mol. The van der Waals surface area contributed by atoms with Crippen LogP contribution in [0.3, 0.4) is 0 Å². The van der Waals surface area contributed by atoms with Gasteiger partial charge in [-0.2, -0.15) is 0 Å². The Morgan fingerprint density at radius 2 is 2.12 bits per heavy atom. The fourth-order valence-electron chi connectivity index (χ4n) is 1.87. The number of nitrogens with two attached hydrogens (primary N) is 1. The van der Waals surface area contributed by atoms with Gasteiger partial charge in [0.2, 0.25) is 0 Å². The highest BCUT2D eigenvalue weighted by molar-refractivity contribution is 7.12. The van der Waals surface area contributed by atoms with Gasteiger partial charge in [0.05, 0.1) is 0 Å². The fourth-order valence-corrected chi connectivity index (χ4v) is 2.89. The molecule has 3 N–H and O–H groups in total. The van der Waals surface area contributed by atoms with Crippen LogP contribution in [-0.4, -0.2) is 12.1 Å². The number of hydrogen-bond acceptors (Lipinski definition) is 3. The van der Waals surface area contributed by atoms with Crippen LogP contribution in [0, 0.1) is 13.8 Å². The second-order valence-corrected chi connectivity index (χ2v) is 6.30. The lowest BCUT2D eigenvalue weighted by molar-refractivity contribution is 0.397. The Bertz CT molecular complexity index is 309. The molecule has 1 aromatic heterocycles. The van der Waals surface area contributed by atoms with Crippen molar-refractivity contribution in [1.82, 2.24) is 5.32 Å². The molecule has 0 radical (unpaired) electrons. The Hall–Kier alpha value is -0.380. The molecule has 1 atom stereocenters. The van der Waals surface area contributed by atoms with Gasteiger partial charge in [0.25, 0.3) is 0 Å². The first-order chi connectivity index (χ1) is 7.44. The molecule has 0 bridgehead atoms. The molecule has 0 saturated carbocycles. The minimum atomic E-state index is -0.0733. The Morgan fingerprint density at radius 3 is 2.62 bits per heavy atom. The number of rotatable bonds is 6. The molecule has 0 amide bonds. The SMILES string of the molecule is CCCC(C)(N)CNCc1cc(C)c(C)s1. The summed E-state index contributed by atoms with van der Waals surface area (Å²) in [6.45, 7) is 10.5. The van der Waals surface area contributed by atoms with Crippen LogP contribution >= 0.6 is 11.3 Å². The number of thiophene rings is 1. The standard InChI is InChI=1S/C13H24N2S/c1-5-6-13(4,14)9-15-8-12-7-10(2)11(3)16-12/h7,15H,5-6,8-9,14H2,1-4H3. The predicted octanol–water partition coefficient (Wildman–Crippen LogP) is 2.97. The van der Waals surface area contributed by atoms with E-state index in [1.165, 1.54) is 15.3 Å². The molecule has 0 aliphatic heterocycles. The Kier molecular flexibility index (Phi) is 4.96. The van der Waals surface area contributed by atoms with Gasteiger partial charge in [-0.15, -0.1) is 11.3 Å². The van der Waals surface area contributed by atoms with Gasteiger partial charge in [-0.05, 0) is 38.8 Å². The molecule has 0 spiro atoms. The van der Waals surface area contributed by atoms with Gasteiger partial charge in [0.15, 0.2) is 0 Å². The maximum absolute atomic E-state index is 6.17. The zero-order valence-electron chi connectivity index (χ0n) is 10.9. The van der Waals surface area contributed by atoms with Crippen LogP contribution in [0.1, 0.15) is 42.0 Å². The van der Waals surface area contributed by atoms with Gasteiger partial charge in [-0.3, -0.25) is 0 Å². The van der Waals surface area contributed by atoms with Crippen LogP contribution in [0.5, 0.6) is 0 Å². The maximum atomic E-state index is 6.17. The average Bonchev–Trinajstić information content (AvgIpc) is 2.45. The quantitative estimate of drug-likeness (QED) is 0.802. The molecule has 3 heteroatoms. The first-order valence-electron chi connectivity index (χ1n) is 6.00. The van der Waals surface area contributed by atoms with Gasteiger partial charge < -0.3 is 11.1 Å². The van der Waals surface area contributed by atoms with E-state index in [-0.39, 0.29) is 5.54 Å². The van der Waals surface area contributed by atoms with Gasteiger partial charge in [-0.25, -0.2) is 0 Å². The summed E-state index contributed by atoms with van der Waals surface area (Å²) in [4.78, 5) is 2.82. The molecule has 1 aromatic rings. The van der Waals surface area contributed by atoms with E-state index in [0.29, 0.717) is 0 Å². The van der Waals surface area contributed by atoms with E-state index in [0.717, 1.165) is 25.9 Å². The topological polar surface area (TPSA) is 38.0 Å². The molecule has 92 valence electrons. The molecule has 0 aliphatic rings. The van der Waals surface area contributed by atoms with Gasteiger partial charge >= 0.3 is 0 Å². The Labute approximate surface area is 103 Å². The minimum Gasteiger partial charge on any atom is -0.324 e. The van der Waals surface area contributed by atoms with Crippen molar-refractivity contribution >= 4 is 11.3 Å². The van der Waals surface area contributed by atoms with Crippen LogP contribution < -0.4 is 11.1 Å². The van der Waals surface area contributed by atoms with E-state index in [2.05, 4.69) is 39.1 Å². The highest BCUT2D eigenvalue weighted by Crippen LogP contribution is 2.20. The zero-order valence-corrected chi connectivity index (χ0v) is 11.7. The first-order valence-corrected chi connectivity index (χ1v) is 6.82. The summed E-state index contributed by atoms with van der Waals surface area (Å²) in [7, 11) is 0. The molecule has 1 rings (SSSR count). The third-order valence-electron chi connectivity index (χ3n) is 2.87. The monoisotopic (exact) mass is 240 g/mol. The van der Waals surface area contributed by atoms with Gasteiger partial charge in [0, 0.05) is 28.4 Å². The smallest absolute Gasteiger partial charge is 0.0300 e. The molecule has 16 heavy (non-hydrogen) atoms. The normalized spacial score (nSPS) is 15.1. The number of nitrogens with one attached hydrogen (secondary N) is 1. The molecule has 0 aliphatic carbocycles. The Morgan fingerprint density at radius 1 is 1.44 bits per heavy atom. The molecule has 1 heterocycles. The molecular formula is C13H24N2S. The van der Waals surface area contributed by atoms with Crippen molar-refractivity contribution < 1.29 is 0 Å². The number of aryl methyl sites for hydroxylation is 2. The van der Waals surface area contributed by atoms with Crippen molar-refractivity contribution in [2.75, 3.05) is 6.54 Å². The van der Waals surface area contributed by atoms with Crippen molar-refractivity contribution in [2.24, 2.45) is 5.73 Å².